The molecule has 0 N–H and O–H groups in total. The number of ether oxygens (including phenoxy) is 6. The van der Waals surface area contributed by atoms with Gasteiger partial charge in [0.05, 0.1) is 6.61 Å². The van der Waals surface area contributed by atoms with Crippen LogP contribution in [0.2, 0.25) is 0 Å². The van der Waals surface area contributed by atoms with Crippen LogP contribution in [0.5, 0.6) is 0 Å². The van der Waals surface area contributed by atoms with E-state index in [-0.39, 0.29) is 6.61 Å². The van der Waals surface area contributed by atoms with E-state index in [1.807, 2.05) is 91.0 Å². The van der Waals surface area contributed by atoms with Crippen molar-refractivity contribution >= 4 is 5.97 Å². The fraction of sp³-hybridized carbons (Fsp3) is 0.367. The minimum Gasteiger partial charge on any atom is -0.457 e. The molecule has 0 spiro atoms. The smallest absolute Gasteiger partial charge is 0.303 e. The Morgan fingerprint density at radius 1 is 0.703 bits per heavy atom. The van der Waals surface area contributed by atoms with Crippen molar-refractivity contribution in [3.8, 4) is 0 Å². The normalized spacial score (nSPS) is 23.9. The van der Waals surface area contributed by atoms with Gasteiger partial charge in [-0.3, -0.25) is 4.79 Å². The average Bonchev–Trinajstić information content (AvgIpc) is 2.95. The molecule has 0 amide bonds. The van der Waals surface area contributed by atoms with Crippen LogP contribution in [-0.2, 0) is 38.8 Å². The third-order valence-electron chi connectivity index (χ3n) is 6.67. The monoisotopic (exact) mass is 506 g/mol. The van der Waals surface area contributed by atoms with Gasteiger partial charge in [-0.1, -0.05) is 91.0 Å². The molecule has 1 saturated heterocycles. The predicted octanol–water partition coefficient (Wildman–Crippen LogP) is 4.33. The molecule has 0 unspecified atom stereocenters. The summed E-state index contributed by atoms with van der Waals surface area (Å²) in [6, 6.07) is 30.1. The zero-order valence-corrected chi connectivity index (χ0v) is 21.6. The molecule has 4 rings (SSSR count). The van der Waals surface area contributed by atoms with E-state index in [1.54, 1.807) is 14.2 Å². The molecule has 0 aromatic heterocycles. The number of carbonyl (C=O) groups is 1. The van der Waals surface area contributed by atoms with Gasteiger partial charge in [-0.2, -0.15) is 0 Å². The maximum Gasteiger partial charge on any atom is 0.303 e. The zero-order chi connectivity index (χ0) is 26.3. The lowest BCUT2D eigenvalue weighted by atomic mass is 9.80. The fourth-order valence-electron chi connectivity index (χ4n) is 5.03. The van der Waals surface area contributed by atoms with Gasteiger partial charge in [0.1, 0.15) is 23.9 Å². The fourth-order valence-corrected chi connectivity index (χ4v) is 5.03. The van der Waals surface area contributed by atoms with Gasteiger partial charge in [0, 0.05) is 28.3 Å². The van der Waals surface area contributed by atoms with E-state index < -0.39 is 42.3 Å². The first-order chi connectivity index (χ1) is 18.0. The molecule has 7 heteroatoms. The van der Waals surface area contributed by atoms with Gasteiger partial charge in [-0.15, -0.1) is 0 Å². The molecule has 0 aliphatic carbocycles. The minimum absolute atomic E-state index is 0.0762. The summed E-state index contributed by atoms with van der Waals surface area (Å²) in [5.74, 6) is -0.452. The van der Waals surface area contributed by atoms with Crippen LogP contribution in [0.3, 0.4) is 0 Å². The minimum atomic E-state index is -0.961. The molecule has 196 valence electrons. The number of hydrogen-bond donors (Lipinski definition) is 0. The Morgan fingerprint density at radius 3 is 1.54 bits per heavy atom. The summed E-state index contributed by atoms with van der Waals surface area (Å²) < 4.78 is 35.8. The third-order valence-corrected chi connectivity index (χ3v) is 6.67. The SMILES string of the molecule is CO[C@H]1O[C@@H](COC(c2ccccc2)(c2ccccc2)c2ccccc2)[C@H](OC(C)=O)[C@@H](OC)[C@H]1OC. The summed E-state index contributed by atoms with van der Waals surface area (Å²) in [5, 5.41) is 0. The lowest BCUT2D eigenvalue weighted by molar-refractivity contribution is -0.309. The van der Waals surface area contributed by atoms with E-state index in [0.717, 1.165) is 16.7 Å². The largest absolute Gasteiger partial charge is 0.457 e. The molecule has 0 saturated carbocycles. The molecule has 7 nitrogen and oxygen atoms in total. The van der Waals surface area contributed by atoms with Crippen LogP contribution < -0.4 is 0 Å². The number of methoxy groups -OCH3 is 3. The molecule has 1 heterocycles. The summed E-state index contributed by atoms with van der Waals surface area (Å²) in [7, 11) is 4.62. The molecule has 1 aliphatic rings. The van der Waals surface area contributed by atoms with Crippen LogP contribution in [0.4, 0.5) is 0 Å². The highest BCUT2D eigenvalue weighted by Crippen LogP contribution is 2.41. The van der Waals surface area contributed by atoms with Crippen LogP contribution in [0.1, 0.15) is 23.6 Å². The van der Waals surface area contributed by atoms with E-state index in [9.17, 15) is 4.79 Å². The molecule has 0 bridgehead atoms. The summed E-state index contributed by atoms with van der Waals surface area (Å²) in [4.78, 5) is 12.1. The van der Waals surface area contributed by atoms with Crippen molar-refractivity contribution in [2.45, 2.75) is 43.2 Å². The molecule has 3 aromatic rings. The second-order valence-corrected chi connectivity index (χ2v) is 8.84. The highest BCUT2D eigenvalue weighted by atomic mass is 16.7. The van der Waals surface area contributed by atoms with Gasteiger partial charge in [0.2, 0.25) is 0 Å². The van der Waals surface area contributed by atoms with Crippen molar-refractivity contribution in [2.75, 3.05) is 27.9 Å². The topological polar surface area (TPSA) is 72.5 Å². The number of benzene rings is 3. The summed E-state index contributed by atoms with van der Waals surface area (Å²) in [6.07, 6.45) is -3.44. The first-order valence-electron chi connectivity index (χ1n) is 12.3. The Hall–Kier alpha value is -3.07. The third kappa shape index (κ3) is 5.61. The zero-order valence-electron chi connectivity index (χ0n) is 21.6. The van der Waals surface area contributed by atoms with Crippen molar-refractivity contribution in [1.82, 2.24) is 0 Å². The van der Waals surface area contributed by atoms with Gasteiger partial charge in [0.15, 0.2) is 12.4 Å². The van der Waals surface area contributed by atoms with Gasteiger partial charge in [-0.05, 0) is 16.7 Å². The molecular weight excluding hydrogens is 472 g/mol. The van der Waals surface area contributed by atoms with Gasteiger partial charge in [0.25, 0.3) is 0 Å². The van der Waals surface area contributed by atoms with Crippen molar-refractivity contribution in [2.24, 2.45) is 0 Å². The Morgan fingerprint density at radius 2 is 1.16 bits per heavy atom. The second-order valence-electron chi connectivity index (χ2n) is 8.84. The predicted molar refractivity (Wildman–Crippen MR) is 138 cm³/mol. The van der Waals surface area contributed by atoms with E-state index in [4.69, 9.17) is 28.4 Å². The number of hydrogen-bond acceptors (Lipinski definition) is 7. The molecule has 1 fully saturated rings. The van der Waals surface area contributed by atoms with E-state index in [1.165, 1.54) is 14.0 Å². The lowest BCUT2D eigenvalue weighted by Crippen LogP contribution is -2.62. The highest BCUT2D eigenvalue weighted by Gasteiger charge is 2.50. The van der Waals surface area contributed by atoms with E-state index in [2.05, 4.69) is 0 Å². The quantitative estimate of drug-likeness (QED) is 0.299. The van der Waals surface area contributed by atoms with Crippen molar-refractivity contribution in [1.29, 1.82) is 0 Å². The summed E-state index contributed by atoms with van der Waals surface area (Å²) in [6.45, 7) is 1.43. The summed E-state index contributed by atoms with van der Waals surface area (Å²) >= 11 is 0. The maximum atomic E-state index is 12.1. The van der Waals surface area contributed by atoms with Crippen LogP contribution >= 0.6 is 0 Å². The van der Waals surface area contributed by atoms with Crippen molar-refractivity contribution in [3.05, 3.63) is 108 Å². The molecule has 3 aromatic carbocycles. The number of rotatable bonds is 10. The standard InChI is InChI=1S/C30H34O7/c1-21(31)36-26-25(37-29(34-4)28(33-3)27(26)32-2)20-35-30(22-14-8-5-9-15-22,23-16-10-6-11-17-23)24-18-12-7-13-19-24/h5-19,25-29H,20H2,1-4H3/t25-,26-,27+,28+,29-/m0/s1. The van der Waals surface area contributed by atoms with Crippen LogP contribution in [0.25, 0.3) is 0 Å². The number of carbonyl (C=O) groups excluding carboxylic acids is 1. The lowest BCUT2D eigenvalue weighted by Gasteiger charge is -2.45. The van der Waals surface area contributed by atoms with Crippen LogP contribution in [-0.4, -0.2) is 64.6 Å². The molecule has 1 aliphatic heterocycles. The first kappa shape index (κ1) is 27.0. The molecule has 5 atom stereocenters. The molecular formula is C30H34O7. The maximum absolute atomic E-state index is 12.1. The van der Waals surface area contributed by atoms with Crippen molar-refractivity contribution in [3.63, 3.8) is 0 Å². The van der Waals surface area contributed by atoms with Crippen molar-refractivity contribution < 1.29 is 33.2 Å². The Balaban J connectivity index is 1.79. The second kappa shape index (κ2) is 12.4. The Labute approximate surface area is 218 Å². The van der Waals surface area contributed by atoms with Crippen LogP contribution in [0.15, 0.2) is 91.0 Å². The average molecular weight is 507 g/mol. The Kier molecular flexibility index (Phi) is 9.08. The number of esters is 1. The van der Waals surface area contributed by atoms with E-state index in [0.29, 0.717) is 0 Å². The van der Waals surface area contributed by atoms with Crippen LogP contribution in [0, 0.1) is 0 Å². The first-order valence-corrected chi connectivity index (χ1v) is 12.3. The summed E-state index contributed by atoms with van der Waals surface area (Å²) in [5.41, 5.74) is 1.90. The van der Waals surface area contributed by atoms with Gasteiger partial charge in [-0.25, -0.2) is 0 Å². The van der Waals surface area contributed by atoms with Gasteiger partial charge < -0.3 is 28.4 Å². The highest BCUT2D eigenvalue weighted by molar-refractivity contribution is 5.66. The molecule has 37 heavy (non-hydrogen) atoms. The molecule has 0 radical (unpaired) electrons. The van der Waals surface area contributed by atoms with E-state index >= 15 is 0 Å². The van der Waals surface area contributed by atoms with Gasteiger partial charge >= 0.3 is 5.97 Å². The Bertz CT molecular complexity index is 1010.